The minimum absolute atomic E-state index is 0.0694. The SMILES string of the molecule is COC(=O)c1c(-c2cc(CN3CCOCC3)ccc2O)nn(-c2ccccc2)c1C(=O)OC. The Bertz CT molecular complexity index is 1150. The molecule has 0 atom stereocenters. The normalized spacial score (nSPS) is 14.1. The maximum atomic E-state index is 12.8. The summed E-state index contributed by atoms with van der Waals surface area (Å²) in [6, 6.07) is 14.1. The summed E-state index contributed by atoms with van der Waals surface area (Å²) in [4.78, 5) is 27.8. The van der Waals surface area contributed by atoms with Crippen molar-refractivity contribution in [2.45, 2.75) is 6.54 Å². The van der Waals surface area contributed by atoms with Crippen LogP contribution in [0.15, 0.2) is 48.5 Å². The van der Waals surface area contributed by atoms with Crippen molar-refractivity contribution in [2.75, 3.05) is 40.5 Å². The summed E-state index contributed by atoms with van der Waals surface area (Å²) >= 11 is 0. The van der Waals surface area contributed by atoms with Gasteiger partial charge in [0.25, 0.3) is 0 Å². The zero-order valence-corrected chi connectivity index (χ0v) is 18.5. The maximum Gasteiger partial charge on any atom is 0.357 e. The predicted octanol–water partition coefficient (Wildman–Crippen LogP) is 2.65. The first-order valence-electron chi connectivity index (χ1n) is 10.5. The fraction of sp³-hybridized carbons (Fsp3) is 0.292. The van der Waals surface area contributed by atoms with E-state index < -0.39 is 11.9 Å². The molecule has 0 amide bonds. The van der Waals surface area contributed by atoms with Gasteiger partial charge in [-0.05, 0) is 29.8 Å². The van der Waals surface area contributed by atoms with Gasteiger partial charge in [0, 0.05) is 25.2 Å². The van der Waals surface area contributed by atoms with E-state index in [0.717, 1.165) is 18.7 Å². The lowest BCUT2D eigenvalue weighted by Gasteiger charge is -2.26. The minimum atomic E-state index is -0.759. The molecule has 0 aliphatic carbocycles. The number of methoxy groups -OCH3 is 2. The number of carbonyl (C=O) groups is 2. The number of para-hydroxylation sites is 1. The smallest absolute Gasteiger partial charge is 0.357 e. The van der Waals surface area contributed by atoms with Gasteiger partial charge in [0.1, 0.15) is 17.0 Å². The molecule has 1 aliphatic heterocycles. The van der Waals surface area contributed by atoms with Gasteiger partial charge >= 0.3 is 11.9 Å². The Morgan fingerprint density at radius 3 is 2.39 bits per heavy atom. The molecular formula is C24H25N3O6. The first kappa shape index (κ1) is 22.5. The van der Waals surface area contributed by atoms with Crippen LogP contribution >= 0.6 is 0 Å². The van der Waals surface area contributed by atoms with Crippen LogP contribution in [0, 0.1) is 0 Å². The van der Waals surface area contributed by atoms with Gasteiger partial charge in [0.05, 0.1) is 33.1 Å². The second kappa shape index (κ2) is 9.85. The number of phenolic OH excluding ortho intramolecular Hbond substituents is 1. The standard InChI is InChI=1S/C24H25N3O6/c1-31-23(29)20-21(25-27(22(20)24(30)32-2)17-6-4-3-5-7-17)18-14-16(8-9-19(18)28)15-26-10-12-33-13-11-26/h3-9,14,28H,10-13,15H2,1-2H3. The van der Waals surface area contributed by atoms with Crippen LogP contribution < -0.4 is 0 Å². The molecule has 4 rings (SSSR count). The molecule has 9 nitrogen and oxygen atoms in total. The van der Waals surface area contributed by atoms with Crippen LogP contribution in [-0.4, -0.2) is 72.2 Å². The number of hydrogen-bond acceptors (Lipinski definition) is 8. The molecule has 33 heavy (non-hydrogen) atoms. The number of nitrogens with zero attached hydrogens (tertiary/aromatic N) is 3. The van der Waals surface area contributed by atoms with E-state index in [9.17, 15) is 14.7 Å². The zero-order chi connectivity index (χ0) is 23.4. The van der Waals surface area contributed by atoms with E-state index in [0.29, 0.717) is 31.0 Å². The molecule has 9 heteroatoms. The summed E-state index contributed by atoms with van der Waals surface area (Å²) in [6.07, 6.45) is 0. The van der Waals surface area contributed by atoms with Gasteiger partial charge in [-0.25, -0.2) is 14.3 Å². The quantitative estimate of drug-likeness (QED) is 0.571. The highest BCUT2D eigenvalue weighted by atomic mass is 16.5. The highest BCUT2D eigenvalue weighted by Gasteiger charge is 2.32. The fourth-order valence-corrected chi connectivity index (χ4v) is 3.83. The molecule has 2 aromatic carbocycles. The second-order valence-electron chi connectivity index (χ2n) is 7.54. The lowest BCUT2D eigenvalue weighted by Crippen LogP contribution is -2.35. The highest BCUT2D eigenvalue weighted by Crippen LogP contribution is 2.35. The van der Waals surface area contributed by atoms with E-state index in [1.54, 1.807) is 36.4 Å². The van der Waals surface area contributed by atoms with Gasteiger partial charge in [0.2, 0.25) is 0 Å². The Hall–Kier alpha value is -3.69. The Morgan fingerprint density at radius 1 is 1.03 bits per heavy atom. The number of esters is 2. The molecule has 0 radical (unpaired) electrons. The molecule has 1 aliphatic rings. The number of ether oxygens (including phenoxy) is 3. The molecule has 172 valence electrons. The third-order valence-corrected chi connectivity index (χ3v) is 5.48. The third kappa shape index (κ3) is 4.59. The van der Waals surface area contributed by atoms with Crippen molar-refractivity contribution < 1.29 is 28.9 Å². The minimum Gasteiger partial charge on any atom is -0.507 e. The van der Waals surface area contributed by atoms with E-state index in [1.807, 2.05) is 12.1 Å². The van der Waals surface area contributed by atoms with E-state index in [2.05, 4.69) is 10.00 Å². The Kier molecular flexibility index (Phi) is 6.71. The first-order valence-corrected chi connectivity index (χ1v) is 10.5. The Morgan fingerprint density at radius 2 is 1.73 bits per heavy atom. The summed E-state index contributed by atoms with van der Waals surface area (Å²) in [6.45, 7) is 3.59. The third-order valence-electron chi connectivity index (χ3n) is 5.48. The van der Waals surface area contributed by atoms with Crippen molar-refractivity contribution in [1.82, 2.24) is 14.7 Å². The number of phenols is 1. The van der Waals surface area contributed by atoms with E-state index in [4.69, 9.17) is 14.2 Å². The van der Waals surface area contributed by atoms with Gasteiger partial charge in [-0.15, -0.1) is 0 Å². The molecule has 1 aromatic heterocycles. The molecule has 2 heterocycles. The van der Waals surface area contributed by atoms with Crippen LogP contribution in [0.4, 0.5) is 0 Å². The zero-order valence-electron chi connectivity index (χ0n) is 18.5. The predicted molar refractivity (Wildman–Crippen MR) is 119 cm³/mol. The molecule has 1 saturated heterocycles. The van der Waals surface area contributed by atoms with Gasteiger partial charge in [-0.3, -0.25) is 4.90 Å². The van der Waals surface area contributed by atoms with E-state index >= 15 is 0 Å². The van der Waals surface area contributed by atoms with Crippen LogP contribution in [-0.2, 0) is 20.8 Å². The number of hydrogen-bond donors (Lipinski definition) is 1. The second-order valence-corrected chi connectivity index (χ2v) is 7.54. The number of benzene rings is 2. The lowest BCUT2D eigenvalue weighted by molar-refractivity contribution is 0.0342. The molecule has 3 aromatic rings. The summed E-state index contributed by atoms with van der Waals surface area (Å²) in [5.41, 5.74) is 1.77. The summed E-state index contributed by atoms with van der Waals surface area (Å²) in [5, 5.41) is 15.2. The lowest BCUT2D eigenvalue weighted by atomic mass is 10.0. The van der Waals surface area contributed by atoms with E-state index in [-0.39, 0.29) is 22.7 Å². The van der Waals surface area contributed by atoms with Crippen LogP contribution in [0.1, 0.15) is 26.4 Å². The summed E-state index contributed by atoms with van der Waals surface area (Å²) in [7, 11) is 2.45. The Labute approximate surface area is 191 Å². The van der Waals surface area contributed by atoms with Gasteiger partial charge < -0.3 is 19.3 Å². The fourth-order valence-electron chi connectivity index (χ4n) is 3.83. The van der Waals surface area contributed by atoms with E-state index in [1.165, 1.54) is 18.9 Å². The number of carbonyl (C=O) groups excluding carboxylic acids is 2. The average Bonchev–Trinajstić information content (AvgIpc) is 3.26. The topological polar surface area (TPSA) is 103 Å². The monoisotopic (exact) mass is 451 g/mol. The molecule has 0 bridgehead atoms. The number of morpholine rings is 1. The van der Waals surface area contributed by atoms with Crippen molar-refractivity contribution in [2.24, 2.45) is 0 Å². The van der Waals surface area contributed by atoms with Crippen molar-refractivity contribution in [1.29, 1.82) is 0 Å². The van der Waals surface area contributed by atoms with Gasteiger partial charge in [0.15, 0.2) is 5.69 Å². The van der Waals surface area contributed by atoms with Crippen LogP contribution in [0.2, 0.25) is 0 Å². The molecule has 1 fully saturated rings. The van der Waals surface area contributed by atoms with Gasteiger partial charge in [-0.1, -0.05) is 24.3 Å². The van der Waals surface area contributed by atoms with Crippen molar-refractivity contribution in [3.63, 3.8) is 0 Å². The molecule has 1 N–H and O–H groups in total. The molecule has 0 spiro atoms. The highest BCUT2D eigenvalue weighted by molar-refractivity contribution is 6.07. The average molecular weight is 451 g/mol. The van der Waals surface area contributed by atoms with Crippen LogP contribution in [0.3, 0.4) is 0 Å². The van der Waals surface area contributed by atoms with Crippen LogP contribution in [0.5, 0.6) is 5.75 Å². The van der Waals surface area contributed by atoms with Crippen molar-refractivity contribution >= 4 is 11.9 Å². The van der Waals surface area contributed by atoms with Gasteiger partial charge in [-0.2, -0.15) is 5.10 Å². The van der Waals surface area contributed by atoms with Crippen LogP contribution in [0.25, 0.3) is 16.9 Å². The Balaban J connectivity index is 1.88. The van der Waals surface area contributed by atoms with Crippen molar-refractivity contribution in [3.05, 3.63) is 65.4 Å². The summed E-state index contributed by atoms with van der Waals surface area (Å²) in [5.74, 6) is -1.58. The maximum absolute atomic E-state index is 12.8. The molecule has 0 saturated carbocycles. The van der Waals surface area contributed by atoms with Crippen molar-refractivity contribution in [3.8, 4) is 22.7 Å². The first-order chi connectivity index (χ1) is 16.0. The largest absolute Gasteiger partial charge is 0.507 e. The number of aromatic hydroxyl groups is 1. The number of rotatable bonds is 6. The number of aromatic nitrogens is 2. The molecule has 0 unspecified atom stereocenters. The molecular weight excluding hydrogens is 426 g/mol. The summed E-state index contributed by atoms with van der Waals surface area (Å²) < 4.78 is 16.7.